The van der Waals surface area contributed by atoms with Crippen LogP contribution in [-0.4, -0.2) is 20.2 Å². The Morgan fingerprint density at radius 1 is 0.885 bits per heavy atom. The number of hydrogen-bond acceptors (Lipinski definition) is 5. The lowest BCUT2D eigenvalue weighted by Crippen LogP contribution is -2.13. The summed E-state index contributed by atoms with van der Waals surface area (Å²) in [7, 11) is -3.84. The number of anilines is 1. The van der Waals surface area contributed by atoms with Crippen LogP contribution in [0, 0.1) is 0 Å². The second-order valence-electron chi connectivity index (χ2n) is 5.33. The maximum atomic E-state index is 12.5. The number of carbonyl (C=O) groups is 2. The molecule has 0 radical (unpaired) electrons. The number of hydrogen-bond donors (Lipinski definition) is 2. The van der Waals surface area contributed by atoms with Crippen molar-refractivity contribution in [2.75, 3.05) is 5.32 Å². The summed E-state index contributed by atoms with van der Waals surface area (Å²) in [5.41, 5.74) is 5.86. The normalized spacial score (nSPS) is 11.1. The third-order valence-corrected chi connectivity index (χ3v) is 5.19. The topological polar surface area (TPSA) is 119 Å². The van der Waals surface area contributed by atoms with E-state index in [-0.39, 0.29) is 15.7 Å². The molecule has 1 heterocycles. The van der Waals surface area contributed by atoms with Crippen LogP contribution < -0.4 is 11.1 Å². The van der Waals surface area contributed by atoms with E-state index in [4.69, 9.17) is 10.2 Å². The van der Waals surface area contributed by atoms with Crippen molar-refractivity contribution < 1.29 is 22.4 Å². The van der Waals surface area contributed by atoms with Crippen LogP contribution in [0.25, 0.3) is 0 Å². The van der Waals surface area contributed by atoms with E-state index >= 15 is 0 Å². The highest BCUT2D eigenvalue weighted by atomic mass is 32.2. The van der Waals surface area contributed by atoms with E-state index in [1.165, 1.54) is 48.5 Å². The Morgan fingerprint density at radius 3 is 2.15 bits per heavy atom. The first-order valence-corrected chi connectivity index (χ1v) is 8.97. The summed E-state index contributed by atoms with van der Waals surface area (Å²) in [6.07, 6.45) is 0. The Bertz CT molecular complexity index is 1050. The number of primary amides is 1. The fourth-order valence-electron chi connectivity index (χ4n) is 2.21. The van der Waals surface area contributed by atoms with Crippen LogP contribution in [0.4, 0.5) is 5.69 Å². The zero-order valence-corrected chi connectivity index (χ0v) is 14.2. The quantitative estimate of drug-likeness (QED) is 0.715. The summed E-state index contributed by atoms with van der Waals surface area (Å²) in [6, 6.07) is 16.2. The largest absolute Gasteiger partial charge is 0.439 e. The first kappa shape index (κ1) is 17.4. The third-order valence-electron chi connectivity index (χ3n) is 3.55. The SMILES string of the molecule is NC(=O)c1ccc(NC(=O)c2ccc(S(=O)(=O)c3ccccc3)o2)cc1. The zero-order valence-electron chi connectivity index (χ0n) is 13.4. The minimum absolute atomic E-state index is 0.0725. The Labute approximate surface area is 149 Å². The molecule has 0 saturated carbocycles. The van der Waals surface area contributed by atoms with Gasteiger partial charge in [-0.05, 0) is 48.5 Å². The summed E-state index contributed by atoms with van der Waals surface area (Å²) in [6.45, 7) is 0. The van der Waals surface area contributed by atoms with Gasteiger partial charge in [-0.25, -0.2) is 8.42 Å². The Kier molecular flexibility index (Phi) is 4.59. The van der Waals surface area contributed by atoms with Crippen molar-refractivity contribution >= 4 is 27.3 Å². The summed E-state index contributed by atoms with van der Waals surface area (Å²) >= 11 is 0. The minimum atomic E-state index is -3.84. The zero-order chi connectivity index (χ0) is 18.7. The second kappa shape index (κ2) is 6.85. The number of amides is 2. The average Bonchev–Trinajstić information content (AvgIpc) is 3.14. The maximum absolute atomic E-state index is 12.5. The first-order chi connectivity index (χ1) is 12.4. The molecule has 0 aliphatic rings. The number of benzene rings is 2. The molecule has 0 aliphatic carbocycles. The summed E-state index contributed by atoms with van der Waals surface area (Å²) in [5, 5.41) is 2.23. The third kappa shape index (κ3) is 3.50. The van der Waals surface area contributed by atoms with Crippen LogP contribution in [0.2, 0.25) is 0 Å². The minimum Gasteiger partial charge on any atom is -0.439 e. The van der Waals surface area contributed by atoms with E-state index in [1.807, 2.05) is 0 Å². The van der Waals surface area contributed by atoms with E-state index < -0.39 is 21.7 Å². The van der Waals surface area contributed by atoms with Crippen LogP contribution >= 0.6 is 0 Å². The molecule has 26 heavy (non-hydrogen) atoms. The van der Waals surface area contributed by atoms with E-state index in [0.717, 1.165) is 0 Å². The highest BCUT2D eigenvalue weighted by Crippen LogP contribution is 2.23. The molecule has 0 spiro atoms. The number of rotatable bonds is 5. The van der Waals surface area contributed by atoms with Gasteiger partial charge in [0.05, 0.1) is 4.90 Å². The van der Waals surface area contributed by atoms with Gasteiger partial charge >= 0.3 is 0 Å². The smallest absolute Gasteiger partial charge is 0.291 e. The predicted molar refractivity (Wildman–Crippen MR) is 93.5 cm³/mol. The van der Waals surface area contributed by atoms with Crippen LogP contribution in [0.3, 0.4) is 0 Å². The molecular weight excluding hydrogens is 356 g/mol. The van der Waals surface area contributed by atoms with Gasteiger partial charge in [-0.1, -0.05) is 18.2 Å². The summed E-state index contributed by atoms with van der Waals surface area (Å²) in [5.74, 6) is -1.35. The Morgan fingerprint density at radius 2 is 1.54 bits per heavy atom. The van der Waals surface area contributed by atoms with Gasteiger partial charge in [0.1, 0.15) is 0 Å². The lowest BCUT2D eigenvalue weighted by molar-refractivity contribution is 0.0988. The number of carbonyl (C=O) groups excluding carboxylic acids is 2. The molecule has 2 aromatic carbocycles. The van der Waals surface area contributed by atoms with Crippen molar-refractivity contribution in [3.63, 3.8) is 0 Å². The molecule has 3 rings (SSSR count). The van der Waals surface area contributed by atoms with E-state index in [0.29, 0.717) is 11.3 Å². The molecule has 0 bridgehead atoms. The van der Waals surface area contributed by atoms with E-state index in [2.05, 4.69) is 5.32 Å². The van der Waals surface area contributed by atoms with E-state index in [9.17, 15) is 18.0 Å². The van der Waals surface area contributed by atoms with Gasteiger partial charge in [0.15, 0.2) is 5.76 Å². The number of furan rings is 1. The summed E-state index contributed by atoms with van der Waals surface area (Å²) in [4.78, 5) is 23.3. The van der Waals surface area contributed by atoms with Gasteiger partial charge < -0.3 is 15.5 Å². The van der Waals surface area contributed by atoms with Crippen LogP contribution in [0.5, 0.6) is 0 Å². The molecule has 0 atom stereocenters. The molecule has 0 aliphatic heterocycles. The standard InChI is InChI=1S/C18H14N2O5S/c19-17(21)12-6-8-13(9-7-12)20-18(22)15-10-11-16(25-15)26(23,24)14-4-2-1-3-5-14/h1-11H,(H2,19,21)(H,20,22). The number of nitrogens with one attached hydrogen (secondary N) is 1. The van der Waals surface area contributed by atoms with Gasteiger partial charge in [-0.15, -0.1) is 0 Å². The van der Waals surface area contributed by atoms with Crippen LogP contribution in [0.15, 0.2) is 81.1 Å². The monoisotopic (exact) mass is 370 g/mol. The molecular formula is C18H14N2O5S. The van der Waals surface area contributed by atoms with Gasteiger partial charge in [-0.2, -0.15) is 0 Å². The van der Waals surface area contributed by atoms with E-state index in [1.54, 1.807) is 18.2 Å². The highest BCUT2D eigenvalue weighted by Gasteiger charge is 2.23. The molecule has 8 heteroatoms. The van der Waals surface area contributed by atoms with Crippen molar-refractivity contribution in [1.29, 1.82) is 0 Å². The Balaban J connectivity index is 1.79. The lowest BCUT2D eigenvalue weighted by atomic mass is 10.2. The van der Waals surface area contributed by atoms with Gasteiger partial charge in [-0.3, -0.25) is 9.59 Å². The molecule has 0 unspecified atom stereocenters. The number of sulfone groups is 1. The Hall–Kier alpha value is -3.39. The molecule has 3 aromatic rings. The van der Waals surface area contributed by atoms with Crippen molar-refractivity contribution in [1.82, 2.24) is 0 Å². The predicted octanol–water partition coefficient (Wildman–Crippen LogP) is 2.46. The second-order valence-corrected chi connectivity index (χ2v) is 7.21. The van der Waals surface area contributed by atoms with Crippen LogP contribution in [0.1, 0.15) is 20.9 Å². The van der Waals surface area contributed by atoms with Crippen molar-refractivity contribution in [2.45, 2.75) is 9.99 Å². The fraction of sp³-hybridized carbons (Fsp3) is 0. The van der Waals surface area contributed by atoms with Gasteiger partial charge in [0, 0.05) is 11.3 Å². The summed E-state index contributed by atoms with van der Waals surface area (Å²) < 4.78 is 30.1. The van der Waals surface area contributed by atoms with Crippen molar-refractivity contribution in [3.05, 3.63) is 78.1 Å². The van der Waals surface area contributed by atoms with Crippen LogP contribution in [-0.2, 0) is 9.84 Å². The molecule has 132 valence electrons. The number of nitrogens with two attached hydrogens (primary N) is 1. The van der Waals surface area contributed by atoms with Gasteiger partial charge in [0.25, 0.3) is 5.91 Å². The average molecular weight is 370 g/mol. The molecule has 7 nitrogen and oxygen atoms in total. The molecule has 2 amide bonds. The first-order valence-electron chi connectivity index (χ1n) is 7.49. The molecule has 3 N–H and O–H groups in total. The maximum Gasteiger partial charge on any atom is 0.291 e. The molecule has 0 saturated heterocycles. The van der Waals surface area contributed by atoms with Crippen molar-refractivity contribution in [2.24, 2.45) is 5.73 Å². The van der Waals surface area contributed by atoms with Gasteiger partial charge in [0.2, 0.25) is 20.8 Å². The van der Waals surface area contributed by atoms with Crippen molar-refractivity contribution in [3.8, 4) is 0 Å². The molecule has 1 aromatic heterocycles. The lowest BCUT2D eigenvalue weighted by Gasteiger charge is -2.04. The molecule has 0 fully saturated rings. The highest BCUT2D eigenvalue weighted by molar-refractivity contribution is 7.91. The fourth-order valence-corrected chi connectivity index (χ4v) is 3.41.